The van der Waals surface area contributed by atoms with Crippen molar-refractivity contribution in [1.29, 1.82) is 5.26 Å². The topological polar surface area (TPSA) is 119 Å². The molecule has 3 aromatic rings. The van der Waals surface area contributed by atoms with E-state index >= 15 is 0 Å². The van der Waals surface area contributed by atoms with Crippen molar-refractivity contribution in [2.45, 2.75) is 9.97 Å². The maximum atomic E-state index is 12.9. The number of hydrogen-bond donors (Lipinski definition) is 3. The monoisotopic (exact) mass is 527 g/mol. The van der Waals surface area contributed by atoms with E-state index in [4.69, 9.17) is 5.26 Å². The number of nitriles is 1. The minimum atomic E-state index is -1.44. The highest BCUT2D eigenvalue weighted by molar-refractivity contribution is 14.1. The van der Waals surface area contributed by atoms with Crippen LogP contribution in [0.25, 0.3) is 10.8 Å². The molecule has 0 saturated heterocycles. The summed E-state index contributed by atoms with van der Waals surface area (Å²) < 4.78 is -1.44. The van der Waals surface area contributed by atoms with Crippen molar-refractivity contribution < 1.29 is 19.5 Å². The van der Waals surface area contributed by atoms with Crippen LogP contribution in [0, 0.1) is 11.3 Å². The molecule has 0 saturated carbocycles. The lowest BCUT2D eigenvalue weighted by molar-refractivity contribution is -0.123. The standard InChI is InChI=1S/C23H18IN3O4/c24-23(22(31)26-12-11-25,14-15-9-10-16-5-1-2-6-17(16)13-15)27-20(28)18-7-3-4-8-19(18)21(29)30/h1-10,13H,12,14H2,(H,26,31)(H,27,28)(H,29,30). The Labute approximate surface area is 192 Å². The van der Waals surface area contributed by atoms with Crippen LogP contribution in [0.1, 0.15) is 26.3 Å². The Bertz CT molecular complexity index is 1200. The summed E-state index contributed by atoms with van der Waals surface area (Å²) in [4.78, 5) is 37.3. The van der Waals surface area contributed by atoms with Crippen LogP contribution < -0.4 is 10.6 Å². The summed E-state index contributed by atoms with van der Waals surface area (Å²) >= 11 is 1.84. The largest absolute Gasteiger partial charge is 0.478 e. The number of carboxylic acid groups (broad SMARTS) is 1. The minimum absolute atomic E-state index is 0.0531. The summed E-state index contributed by atoms with van der Waals surface area (Å²) in [7, 11) is 0. The van der Waals surface area contributed by atoms with Gasteiger partial charge < -0.3 is 15.7 Å². The van der Waals surface area contributed by atoms with Crippen LogP contribution in [0.15, 0.2) is 66.7 Å². The number of amides is 2. The van der Waals surface area contributed by atoms with E-state index in [2.05, 4.69) is 10.6 Å². The van der Waals surface area contributed by atoms with E-state index in [0.29, 0.717) is 0 Å². The summed E-state index contributed by atoms with van der Waals surface area (Å²) in [6.45, 7) is -0.219. The normalized spacial score (nSPS) is 12.4. The number of rotatable bonds is 7. The molecule has 156 valence electrons. The lowest BCUT2D eigenvalue weighted by atomic mass is 10.00. The first-order valence-electron chi connectivity index (χ1n) is 9.31. The first-order chi connectivity index (χ1) is 14.8. The van der Waals surface area contributed by atoms with Gasteiger partial charge in [-0.15, -0.1) is 0 Å². The van der Waals surface area contributed by atoms with E-state index in [1.165, 1.54) is 18.2 Å². The SMILES string of the molecule is N#CCNC(=O)C(I)(Cc1ccc2ccccc2c1)NC(=O)c1ccccc1C(=O)O. The number of benzene rings is 3. The average molecular weight is 527 g/mol. The molecule has 8 heteroatoms. The second kappa shape index (κ2) is 9.57. The zero-order valence-corrected chi connectivity index (χ0v) is 18.4. The molecule has 1 unspecified atom stereocenters. The molecule has 0 spiro atoms. The van der Waals surface area contributed by atoms with Gasteiger partial charge in [-0.05, 0) is 51.1 Å². The number of fused-ring (bicyclic) bond motifs is 1. The Morgan fingerprint density at radius 1 is 0.968 bits per heavy atom. The summed E-state index contributed by atoms with van der Waals surface area (Å²) in [6, 6.07) is 21.1. The van der Waals surface area contributed by atoms with Gasteiger partial charge in [0.2, 0.25) is 0 Å². The molecule has 0 aliphatic heterocycles. The average Bonchev–Trinajstić information content (AvgIpc) is 2.77. The molecule has 0 heterocycles. The Kier molecular flexibility index (Phi) is 6.87. The van der Waals surface area contributed by atoms with E-state index in [1.54, 1.807) is 6.07 Å². The molecule has 3 N–H and O–H groups in total. The summed E-state index contributed by atoms with van der Waals surface area (Å²) in [5, 5.41) is 25.4. The van der Waals surface area contributed by atoms with Gasteiger partial charge in [0.15, 0.2) is 3.55 Å². The van der Waals surface area contributed by atoms with E-state index in [1.807, 2.05) is 71.1 Å². The highest BCUT2D eigenvalue weighted by Gasteiger charge is 2.38. The number of hydrogen-bond acceptors (Lipinski definition) is 4. The van der Waals surface area contributed by atoms with Crippen molar-refractivity contribution in [1.82, 2.24) is 10.6 Å². The lowest BCUT2D eigenvalue weighted by Crippen LogP contribution is -2.56. The van der Waals surface area contributed by atoms with E-state index in [0.717, 1.165) is 16.3 Å². The van der Waals surface area contributed by atoms with Gasteiger partial charge in [-0.25, -0.2) is 4.79 Å². The Hall–Kier alpha value is -3.45. The number of nitrogens with zero attached hydrogens (tertiary/aromatic N) is 1. The molecule has 0 fully saturated rings. The zero-order valence-electron chi connectivity index (χ0n) is 16.3. The van der Waals surface area contributed by atoms with Crippen molar-refractivity contribution in [2.24, 2.45) is 0 Å². The van der Waals surface area contributed by atoms with E-state index in [-0.39, 0.29) is 24.1 Å². The fourth-order valence-corrected chi connectivity index (χ4v) is 4.06. The molecule has 31 heavy (non-hydrogen) atoms. The Morgan fingerprint density at radius 3 is 2.29 bits per heavy atom. The molecule has 1 atom stereocenters. The number of nitrogens with one attached hydrogen (secondary N) is 2. The van der Waals surface area contributed by atoms with Gasteiger partial charge in [0.1, 0.15) is 6.54 Å². The molecule has 0 aliphatic rings. The third-order valence-corrected chi connectivity index (χ3v) is 5.80. The maximum absolute atomic E-state index is 12.9. The molecule has 0 aromatic heterocycles. The predicted molar refractivity (Wildman–Crippen MR) is 124 cm³/mol. The molecule has 2 amide bonds. The number of carboxylic acids is 1. The molecule has 3 rings (SSSR count). The van der Waals surface area contributed by atoms with Gasteiger partial charge in [0, 0.05) is 6.42 Å². The van der Waals surface area contributed by atoms with Crippen LogP contribution in [0.2, 0.25) is 0 Å². The van der Waals surface area contributed by atoms with Crippen molar-refractivity contribution in [3.8, 4) is 6.07 Å². The van der Waals surface area contributed by atoms with Crippen LogP contribution in [-0.4, -0.2) is 33.0 Å². The molecule has 7 nitrogen and oxygen atoms in total. The molecule has 0 bridgehead atoms. The Morgan fingerprint density at radius 2 is 1.61 bits per heavy atom. The highest BCUT2D eigenvalue weighted by atomic mass is 127. The fraction of sp³-hybridized carbons (Fsp3) is 0.130. The van der Waals surface area contributed by atoms with Gasteiger partial charge in [0.25, 0.3) is 11.8 Å². The van der Waals surface area contributed by atoms with Crippen molar-refractivity contribution in [3.63, 3.8) is 0 Å². The second-order valence-corrected chi connectivity index (χ2v) is 8.65. The smallest absolute Gasteiger partial charge is 0.336 e. The van der Waals surface area contributed by atoms with Gasteiger partial charge in [0.05, 0.1) is 17.2 Å². The van der Waals surface area contributed by atoms with Crippen LogP contribution in [0.4, 0.5) is 0 Å². The van der Waals surface area contributed by atoms with E-state index < -0.39 is 21.3 Å². The predicted octanol–water partition coefficient (Wildman–Crippen LogP) is 3.28. The maximum Gasteiger partial charge on any atom is 0.336 e. The van der Waals surface area contributed by atoms with Gasteiger partial charge in [-0.1, -0.05) is 54.6 Å². The molecule has 0 aliphatic carbocycles. The second-order valence-electron chi connectivity index (χ2n) is 6.81. The summed E-state index contributed by atoms with van der Waals surface area (Å²) in [6.07, 6.45) is 0.136. The summed E-state index contributed by atoms with van der Waals surface area (Å²) in [5.74, 6) is -2.49. The number of halogens is 1. The Balaban J connectivity index is 1.94. The summed E-state index contributed by atoms with van der Waals surface area (Å²) in [5.41, 5.74) is 0.580. The lowest BCUT2D eigenvalue weighted by Gasteiger charge is -2.28. The van der Waals surface area contributed by atoms with Gasteiger partial charge in [-0.3, -0.25) is 9.59 Å². The number of alkyl halides is 1. The quantitative estimate of drug-likeness (QED) is 0.189. The third-order valence-electron chi connectivity index (χ3n) is 4.66. The number of aromatic carboxylic acids is 1. The molecule has 0 radical (unpaired) electrons. The van der Waals surface area contributed by atoms with Crippen molar-refractivity contribution in [2.75, 3.05) is 6.54 Å². The highest BCUT2D eigenvalue weighted by Crippen LogP contribution is 2.26. The third kappa shape index (κ3) is 5.19. The van der Waals surface area contributed by atoms with Crippen molar-refractivity contribution >= 4 is 51.1 Å². The van der Waals surface area contributed by atoms with Crippen LogP contribution in [0.5, 0.6) is 0 Å². The fourth-order valence-electron chi connectivity index (χ4n) is 3.19. The molecular formula is C23H18IN3O4. The molecular weight excluding hydrogens is 509 g/mol. The van der Waals surface area contributed by atoms with Crippen LogP contribution in [0.3, 0.4) is 0 Å². The van der Waals surface area contributed by atoms with Crippen molar-refractivity contribution in [3.05, 3.63) is 83.4 Å². The minimum Gasteiger partial charge on any atom is -0.478 e. The van der Waals surface area contributed by atoms with E-state index in [9.17, 15) is 19.5 Å². The molecule has 3 aromatic carbocycles. The van der Waals surface area contributed by atoms with Gasteiger partial charge in [-0.2, -0.15) is 5.26 Å². The number of carbonyl (C=O) groups is 3. The number of carbonyl (C=O) groups excluding carboxylic acids is 2. The van der Waals surface area contributed by atoms with Gasteiger partial charge >= 0.3 is 5.97 Å². The first kappa shape index (κ1) is 22.2. The first-order valence-corrected chi connectivity index (χ1v) is 10.4. The van der Waals surface area contributed by atoms with Crippen LogP contribution >= 0.6 is 22.6 Å². The van der Waals surface area contributed by atoms with Crippen LogP contribution in [-0.2, 0) is 11.2 Å². The zero-order chi connectivity index (χ0) is 22.4.